The van der Waals surface area contributed by atoms with Crippen molar-refractivity contribution in [2.45, 2.75) is 37.6 Å². The number of rotatable bonds is 6. The van der Waals surface area contributed by atoms with Gasteiger partial charge in [-0.1, -0.05) is 55.8 Å². The zero-order valence-corrected chi connectivity index (χ0v) is 19.1. The second kappa shape index (κ2) is 9.47. The predicted molar refractivity (Wildman–Crippen MR) is 120 cm³/mol. The highest BCUT2D eigenvalue weighted by Crippen LogP contribution is 2.26. The fraction of sp³-hybridized carbons (Fsp3) is 0.409. The molecule has 1 aliphatic rings. The number of benzene rings is 2. The minimum atomic E-state index is -3.65. The van der Waals surface area contributed by atoms with Crippen LogP contribution in [0.2, 0.25) is 5.02 Å². The Bertz CT molecular complexity index is 1000. The minimum Gasteiger partial charge on any atom is -0.324 e. The van der Waals surface area contributed by atoms with Gasteiger partial charge in [-0.05, 0) is 36.6 Å². The molecule has 1 fully saturated rings. The Morgan fingerprint density at radius 1 is 0.967 bits per heavy atom. The van der Waals surface area contributed by atoms with Gasteiger partial charge in [0.2, 0.25) is 15.9 Å². The molecule has 30 heavy (non-hydrogen) atoms. The Morgan fingerprint density at radius 2 is 1.57 bits per heavy atom. The van der Waals surface area contributed by atoms with Crippen molar-refractivity contribution in [2.75, 3.05) is 31.5 Å². The molecule has 0 saturated carbocycles. The van der Waals surface area contributed by atoms with Crippen LogP contribution in [-0.2, 0) is 14.8 Å². The smallest absolute Gasteiger partial charge is 0.244 e. The molecule has 1 N–H and O–H groups in total. The standard InChI is InChI=1S/C22H28ClN3O3S/c1-16(2)18-8-4-6-10-20(18)24-22(27)17(3)25-12-14-26(15-13-25)30(28,29)21-11-7-5-9-19(21)23/h4-11,16-17H,12-15H2,1-3H3,(H,24,27). The Kier molecular flexibility index (Phi) is 7.18. The van der Waals surface area contributed by atoms with Gasteiger partial charge >= 0.3 is 0 Å². The summed E-state index contributed by atoms with van der Waals surface area (Å²) in [4.78, 5) is 15.0. The highest BCUT2D eigenvalue weighted by atomic mass is 35.5. The van der Waals surface area contributed by atoms with Gasteiger partial charge in [-0.2, -0.15) is 4.31 Å². The highest BCUT2D eigenvalue weighted by molar-refractivity contribution is 7.89. The molecule has 1 amide bonds. The number of amides is 1. The van der Waals surface area contributed by atoms with Gasteiger partial charge in [0, 0.05) is 31.9 Å². The fourth-order valence-corrected chi connectivity index (χ4v) is 5.56. The number of halogens is 1. The van der Waals surface area contributed by atoms with E-state index < -0.39 is 10.0 Å². The molecule has 0 aromatic heterocycles. The number of carbonyl (C=O) groups excluding carboxylic acids is 1. The molecular formula is C22H28ClN3O3S. The number of piperazine rings is 1. The van der Waals surface area contributed by atoms with Gasteiger partial charge in [-0.15, -0.1) is 0 Å². The van der Waals surface area contributed by atoms with Crippen LogP contribution in [0.1, 0.15) is 32.3 Å². The number of para-hydroxylation sites is 1. The van der Waals surface area contributed by atoms with Gasteiger partial charge in [0.05, 0.1) is 11.1 Å². The fourth-order valence-electron chi connectivity index (χ4n) is 3.64. The lowest BCUT2D eigenvalue weighted by atomic mass is 10.0. The molecule has 162 valence electrons. The topological polar surface area (TPSA) is 69.7 Å². The summed E-state index contributed by atoms with van der Waals surface area (Å²) in [6, 6.07) is 13.9. The molecule has 1 saturated heterocycles. The van der Waals surface area contributed by atoms with Crippen LogP contribution in [0.15, 0.2) is 53.4 Å². The Balaban J connectivity index is 1.64. The molecule has 1 heterocycles. The second-order valence-electron chi connectivity index (χ2n) is 7.78. The summed E-state index contributed by atoms with van der Waals surface area (Å²) in [5.41, 5.74) is 1.91. The summed E-state index contributed by atoms with van der Waals surface area (Å²) < 4.78 is 27.2. The molecule has 3 rings (SSSR count). The van der Waals surface area contributed by atoms with E-state index in [-0.39, 0.29) is 21.9 Å². The Labute approximate surface area is 183 Å². The number of sulfonamides is 1. The van der Waals surface area contributed by atoms with E-state index >= 15 is 0 Å². The average Bonchev–Trinajstić information content (AvgIpc) is 2.73. The number of nitrogens with zero attached hydrogens (tertiary/aromatic N) is 2. The molecule has 6 nitrogen and oxygen atoms in total. The van der Waals surface area contributed by atoms with Gasteiger partial charge in [0.15, 0.2) is 0 Å². The lowest BCUT2D eigenvalue weighted by Crippen LogP contribution is -2.54. The van der Waals surface area contributed by atoms with Crippen molar-refractivity contribution in [3.05, 3.63) is 59.1 Å². The molecule has 0 spiro atoms. The van der Waals surface area contributed by atoms with E-state index in [2.05, 4.69) is 19.2 Å². The van der Waals surface area contributed by atoms with Crippen LogP contribution < -0.4 is 5.32 Å². The Hall–Kier alpha value is -1.93. The quantitative estimate of drug-likeness (QED) is 0.728. The van der Waals surface area contributed by atoms with Crippen LogP contribution in [0.5, 0.6) is 0 Å². The van der Waals surface area contributed by atoms with Crippen molar-refractivity contribution in [2.24, 2.45) is 0 Å². The van der Waals surface area contributed by atoms with Gasteiger partial charge in [-0.3, -0.25) is 9.69 Å². The highest BCUT2D eigenvalue weighted by Gasteiger charge is 2.32. The van der Waals surface area contributed by atoms with Crippen LogP contribution in [-0.4, -0.2) is 55.8 Å². The zero-order chi connectivity index (χ0) is 21.9. The van der Waals surface area contributed by atoms with Crippen molar-refractivity contribution in [3.63, 3.8) is 0 Å². The maximum atomic E-state index is 12.9. The zero-order valence-electron chi connectivity index (χ0n) is 17.5. The van der Waals surface area contributed by atoms with E-state index in [1.54, 1.807) is 18.2 Å². The third-order valence-corrected chi connectivity index (χ3v) is 7.89. The van der Waals surface area contributed by atoms with E-state index in [1.807, 2.05) is 36.1 Å². The van der Waals surface area contributed by atoms with Crippen LogP contribution >= 0.6 is 11.6 Å². The molecule has 0 aliphatic carbocycles. The molecular weight excluding hydrogens is 422 g/mol. The first-order chi connectivity index (χ1) is 14.2. The third-order valence-electron chi connectivity index (χ3n) is 5.50. The maximum Gasteiger partial charge on any atom is 0.244 e. The van der Waals surface area contributed by atoms with E-state index in [4.69, 9.17) is 11.6 Å². The van der Waals surface area contributed by atoms with E-state index in [0.717, 1.165) is 11.3 Å². The van der Waals surface area contributed by atoms with Gasteiger partial charge in [0.25, 0.3) is 0 Å². The van der Waals surface area contributed by atoms with Crippen molar-refractivity contribution in [1.82, 2.24) is 9.21 Å². The lowest BCUT2D eigenvalue weighted by Gasteiger charge is -2.36. The SMILES string of the molecule is CC(C)c1ccccc1NC(=O)C(C)N1CCN(S(=O)(=O)c2ccccc2Cl)CC1. The second-order valence-corrected chi connectivity index (χ2v) is 10.1. The molecule has 1 unspecified atom stereocenters. The van der Waals surface area contributed by atoms with Gasteiger partial charge in [-0.25, -0.2) is 8.42 Å². The number of hydrogen-bond donors (Lipinski definition) is 1. The number of nitrogens with one attached hydrogen (secondary N) is 1. The predicted octanol–water partition coefficient (Wildman–Crippen LogP) is 3.80. The van der Waals surface area contributed by atoms with Crippen molar-refractivity contribution in [1.29, 1.82) is 0 Å². The summed E-state index contributed by atoms with van der Waals surface area (Å²) in [6.07, 6.45) is 0. The minimum absolute atomic E-state index is 0.0921. The first kappa shape index (κ1) is 22.7. The average molecular weight is 450 g/mol. The Morgan fingerprint density at radius 3 is 2.20 bits per heavy atom. The first-order valence-electron chi connectivity index (χ1n) is 10.1. The van der Waals surface area contributed by atoms with E-state index in [0.29, 0.717) is 32.1 Å². The molecule has 8 heteroatoms. The molecule has 1 atom stereocenters. The molecule has 1 aliphatic heterocycles. The number of carbonyl (C=O) groups is 1. The molecule has 2 aromatic carbocycles. The van der Waals surface area contributed by atoms with Crippen molar-refractivity contribution >= 4 is 33.2 Å². The molecule has 0 bridgehead atoms. The van der Waals surface area contributed by atoms with Crippen molar-refractivity contribution in [3.8, 4) is 0 Å². The van der Waals surface area contributed by atoms with Crippen molar-refractivity contribution < 1.29 is 13.2 Å². The van der Waals surface area contributed by atoms with Crippen LogP contribution in [0, 0.1) is 0 Å². The van der Waals surface area contributed by atoms with Crippen LogP contribution in [0.3, 0.4) is 0 Å². The van der Waals surface area contributed by atoms with Gasteiger partial charge < -0.3 is 5.32 Å². The normalized spacial score (nSPS) is 17.1. The van der Waals surface area contributed by atoms with Crippen LogP contribution in [0.25, 0.3) is 0 Å². The number of hydrogen-bond acceptors (Lipinski definition) is 4. The lowest BCUT2D eigenvalue weighted by molar-refractivity contribution is -0.121. The van der Waals surface area contributed by atoms with Gasteiger partial charge in [0.1, 0.15) is 4.90 Å². The summed E-state index contributed by atoms with van der Waals surface area (Å²) in [7, 11) is -3.65. The maximum absolute atomic E-state index is 12.9. The first-order valence-corrected chi connectivity index (χ1v) is 11.9. The summed E-state index contributed by atoms with van der Waals surface area (Å²) >= 11 is 6.09. The van der Waals surface area contributed by atoms with E-state index in [1.165, 1.54) is 10.4 Å². The summed E-state index contributed by atoms with van der Waals surface area (Å²) in [6.45, 7) is 7.61. The van der Waals surface area contributed by atoms with E-state index in [9.17, 15) is 13.2 Å². The third kappa shape index (κ3) is 4.86. The number of anilines is 1. The molecule has 0 radical (unpaired) electrons. The summed E-state index contributed by atoms with van der Waals surface area (Å²) in [5.74, 6) is 0.209. The van der Waals surface area contributed by atoms with Crippen LogP contribution in [0.4, 0.5) is 5.69 Å². The summed E-state index contributed by atoms with van der Waals surface area (Å²) in [5, 5.41) is 3.25. The largest absolute Gasteiger partial charge is 0.324 e. The monoisotopic (exact) mass is 449 g/mol. The molecule has 2 aromatic rings.